The molecule has 6 aromatic rings. The number of nitrogens with one attached hydrogen (secondary N) is 3. The summed E-state index contributed by atoms with van der Waals surface area (Å²) in [7, 11) is 0. The Hall–Kier alpha value is -5.92. The molecule has 4 fully saturated rings. The molecule has 3 aromatic carbocycles. The summed E-state index contributed by atoms with van der Waals surface area (Å²) in [4.78, 5) is 62.9. The van der Waals surface area contributed by atoms with Gasteiger partial charge in [0.25, 0.3) is 0 Å². The predicted octanol–water partition coefficient (Wildman–Crippen LogP) is 9.09. The number of benzene rings is 3. The molecule has 16 nitrogen and oxygen atoms in total. The fraction of sp³-hybridized carbons (Fsp3) is 0.500. The lowest BCUT2D eigenvalue weighted by atomic mass is 9.85. The lowest BCUT2D eigenvalue weighted by Gasteiger charge is -2.36. The van der Waals surface area contributed by atoms with Gasteiger partial charge >= 0.3 is 6.01 Å². The van der Waals surface area contributed by atoms with E-state index >= 15 is 8.78 Å². The van der Waals surface area contributed by atoms with Crippen LogP contribution in [0.2, 0.25) is 5.02 Å². The van der Waals surface area contributed by atoms with Gasteiger partial charge in [0.05, 0.1) is 55.6 Å². The number of nitrogens with two attached hydrogens (primary N) is 1. The van der Waals surface area contributed by atoms with Crippen LogP contribution < -0.4 is 31.3 Å². The molecule has 2 bridgehead atoms. The SMILES string of the molecule is Cc1ncsc1-c1ccc([C@H](C)NCC(=O)[C@@H]2C[C@@H](O)CN2C(=O)[C@@H](NC(=O)CCCCN2CCC[C@@]2(C)COc2nc(N3CC4CCC(C3)N4)c3cc(Cl)c(-c4ccc(F)c5sc(N)c(C#N)c45)c(F)c3n2)C(C)(C)C)cc1. The fourth-order valence-corrected chi connectivity index (χ4v) is 14.1. The van der Waals surface area contributed by atoms with Crippen molar-refractivity contribution in [3.63, 3.8) is 0 Å². The molecule has 2 amide bonds. The molecule has 0 aliphatic carbocycles. The van der Waals surface area contributed by atoms with Crippen LogP contribution in [0.4, 0.5) is 19.6 Å². The molecule has 4 aliphatic heterocycles. The van der Waals surface area contributed by atoms with Crippen molar-refractivity contribution in [2.75, 3.05) is 56.5 Å². The molecule has 0 spiro atoms. The number of thiazole rings is 1. The fourth-order valence-electron chi connectivity index (χ4n) is 12.0. The van der Waals surface area contributed by atoms with Gasteiger partial charge in [-0.1, -0.05) is 62.7 Å². The number of ether oxygens (including phenoxy) is 1. The van der Waals surface area contributed by atoms with Crippen molar-refractivity contribution in [2.45, 2.75) is 135 Å². The van der Waals surface area contributed by atoms with Gasteiger partial charge in [0, 0.05) is 66.9 Å². The lowest BCUT2D eigenvalue weighted by Crippen LogP contribution is -2.57. The molecule has 7 heterocycles. The average Bonchev–Trinajstić information content (AvgIpc) is 4.47. The Morgan fingerprint density at radius 3 is 2.53 bits per heavy atom. The third kappa shape index (κ3) is 11.5. The zero-order chi connectivity index (χ0) is 56.1. The van der Waals surface area contributed by atoms with Crippen LogP contribution in [0.1, 0.15) is 109 Å². The van der Waals surface area contributed by atoms with E-state index in [1.54, 1.807) is 17.4 Å². The number of aliphatic hydroxyl groups excluding tert-OH is 1. The number of anilines is 2. The highest BCUT2D eigenvalue weighted by atomic mass is 35.5. The molecule has 0 saturated carbocycles. The number of amides is 2. The zero-order valence-electron chi connectivity index (χ0n) is 45.4. The van der Waals surface area contributed by atoms with Crippen LogP contribution in [-0.4, -0.2) is 129 Å². The number of β-amino-alcohol motifs (C(OH)–C–C–N with tert-alkyl or cyclic N) is 1. The number of hydrogen-bond acceptors (Lipinski definition) is 16. The summed E-state index contributed by atoms with van der Waals surface area (Å²) >= 11 is 9.49. The van der Waals surface area contributed by atoms with Crippen LogP contribution >= 0.6 is 34.3 Å². The number of aliphatic hydroxyl groups is 1. The standard InChI is InChI=1S/C58H68ClF2N11O5S2/c1-31(33-11-13-34(14-12-33)50-32(2)65-30-78-50)64-25-44(74)43-22-37(73)28-72(43)55(76)52(57(3,4)5)67-45(75)10-7-8-20-71-21-9-19-58(71,6)29-77-56-68-49-39(54(69-56)70-26-35-15-16-36(27-70)66-35)23-41(59)47(48(49)61)38-17-18-42(60)51-46(38)40(24-62)53(63)79-51/h11-14,17-18,23,30-31,35-37,43,52,64,66,73H,7-10,15-16,19-22,25-29,63H2,1-6H3,(H,67,75)/t31-,35?,36?,37+,43-,52+,58-/m0/s1. The number of nitrogens with zero attached hydrogens (tertiary/aromatic N) is 7. The number of Topliss-reactive ketones (excluding diaryl/α,β-unsaturated/α-hetero) is 1. The number of ketones is 1. The lowest BCUT2D eigenvalue weighted by molar-refractivity contribution is -0.143. The number of thiophene rings is 1. The molecule has 10 rings (SSSR count). The van der Waals surface area contributed by atoms with Gasteiger partial charge in [-0.3, -0.25) is 19.3 Å². The van der Waals surface area contributed by atoms with E-state index in [4.69, 9.17) is 32.0 Å². The first kappa shape index (κ1) is 56.4. The molecule has 7 atom stereocenters. The number of piperazine rings is 1. The van der Waals surface area contributed by atoms with Crippen molar-refractivity contribution in [2.24, 2.45) is 5.41 Å². The Balaban J connectivity index is 0.776. The topological polar surface area (TPSA) is 215 Å². The van der Waals surface area contributed by atoms with Crippen LogP contribution in [0.15, 0.2) is 48.0 Å². The van der Waals surface area contributed by atoms with Crippen molar-refractivity contribution in [1.29, 1.82) is 5.26 Å². The monoisotopic (exact) mass is 1140 g/mol. The minimum Gasteiger partial charge on any atom is -0.461 e. The molecular weight excluding hydrogens is 1070 g/mol. The summed E-state index contributed by atoms with van der Waals surface area (Å²) in [5.74, 6) is -1.71. The van der Waals surface area contributed by atoms with E-state index in [0.29, 0.717) is 43.7 Å². The third-order valence-electron chi connectivity index (χ3n) is 16.4. The number of carbonyl (C=O) groups is 3. The van der Waals surface area contributed by atoms with Crippen LogP contribution in [0.3, 0.4) is 0 Å². The highest BCUT2D eigenvalue weighted by Crippen LogP contribution is 2.46. The number of fused-ring (bicyclic) bond motifs is 4. The third-order valence-corrected chi connectivity index (χ3v) is 18.7. The highest BCUT2D eigenvalue weighted by Gasteiger charge is 2.45. The normalized spacial score (nSPS) is 22.2. The smallest absolute Gasteiger partial charge is 0.319 e. The number of aromatic nitrogens is 3. The molecule has 418 valence electrons. The Morgan fingerprint density at radius 1 is 1.09 bits per heavy atom. The van der Waals surface area contributed by atoms with E-state index in [1.165, 1.54) is 17.0 Å². The summed E-state index contributed by atoms with van der Waals surface area (Å²) in [6, 6.07) is 13.0. The molecule has 0 radical (unpaired) electrons. The maximum Gasteiger partial charge on any atom is 0.319 e. The van der Waals surface area contributed by atoms with Gasteiger partial charge in [0.2, 0.25) is 11.8 Å². The second kappa shape index (κ2) is 22.9. The largest absolute Gasteiger partial charge is 0.461 e. The molecule has 4 aliphatic rings. The van der Waals surface area contributed by atoms with Crippen molar-refractivity contribution in [3.8, 4) is 33.6 Å². The first-order valence-electron chi connectivity index (χ1n) is 27.2. The van der Waals surface area contributed by atoms with Gasteiger partial charge in [-0.25, -0.2) is 13.8 Å². The summed E-state index contributed by atoms with van der Waals surface area (Å²) < 4.78 is 39.2. The number of aryl methyl sites for hydroxylation is 1. The highest BCUT2D eigenvalue weighted by molar-refractivity contribution is 7.23. The summed E-state index contributed by atoms with van der Waals surface area (Å²) in [5, 5.41) is 31.6. The van der Waals surface area contributed by atoms with Gasteiger partial charge in [-0.05, 0) is 107 Å². The minimum atomic E-state index is -0.931. The Kier molecular flexibility index (Phi) is 16.3. The van der Waals surface area contributed by atoms with E-state index < -0.39 is 46.7 Å². The maximum absolute atomic E-state index is 17.4. The molecule has 21 heteroatoms. The van der Waals surface area contributed by atoms with E-state index in [9.17, 15) is 24.8 Å². The maximum atomic E-state index is 17.4. The van der Waals surface area contributed by atoms with Crippen molar-refractivity contribution in [1.82, 2.24) is 40.7 Å². The number of nitriles is 1. The summed E-state index contributed by atoms with van der Waals surface area (Å²) in [6.07, 6.45) is 4.41. The second-order valence-electron chi connectivity index (χ2n) is 23.1. The van der Waals surface area contributed by atoms with Crippen molar-refractivity contribution < 1.29 is 33.0 Å². The molecule has 79 heavy (non-hydrogen) atoms. The van der Waals surface area contributed by atoms with Crippen LogP contribution in [-0.2, 0) is 14.4 Å². The quantitative estimate of drug-likeness (QED) is 0.0508. The molecule has 2 unspecified atom stereocenters. The van der Waals surface area contributed by atoms with Crippen molar-refractivity contribution in [3.05, 3.63) is 81.5 Å². The number of likely N-dealkylation sites (tertiary alicyclic amines) is 2. The Morgan fingerprint density at radius 2 is 1.84 bits per heavy atom. The van der Waals surface area contributed by atoms with Crippen LogP contribution in [0.5, 0.6) is 6.01 Å². The number of rotatable bonds is 18. The van der Waals surface area contributed by atoms with E-state index in [0.717, 1.165) is 65.3 Å². The zero-order valence-corrected chi connectivity index (χ0v) is 47.8. The van der Waals surface area contributed by atoms with E-state index in [-0.39, 0.29) is 111 Å². The molecule has 4 saturated heterocycles. The van der Waals surface area contributed by atoms with Crippen molar-refractivity contribution >= 4 is 83.7 Å². The second-order valence-corrected chi connectivity index (χ2v) is 25.4. The van der Waals surface area contributed by atoms with Gasteiger partial charge in [0.15, 0.2) is 11.6 Å². The summed E-state index contributed by atoms with van der Waals surface area (Å²) in [5.41, 5.74) is 10.1. The molecule has 6 N–H and O–H groups in total. The van der Waals surface area contributed by atoms with Gasteiger partial charge in [-0.15, -0.1) is 22.7 Å². The number of nitrogen functional groups attached to an aromatic ring is 1. The number of carbonyl (C=O) groups excluding carboxylic acids is 3. The van der Waals surface area contributed by atoms with Crippen LogP contribution in [0.25, 0.3) is 42.6 Å². The van der Waals surface area contributed by atoms with Gasteiger partial charge < -0.3 is 41.3 Å². The molecule has 3 aromatic heterocycles. The predicted molar refractivity (Wildman–Crippen MR) is 306 cm³/mol. The number of hydrogen-bond donors (Lipinski definition) is 5. The van der Waals surface area contributed by atoms with Gasteiger partial charge in [-0.2, -0.15) is 15.2 Å². The molecular formula is C58H68ClF2N11O5S2. The van der Waals surface area contributed by atoms with E-state index in [2.05, 4.69) is 43.7 Å². The van der Waals surface area contributed by atoms with Gasteiger partial charge in [0.1, 0.15) is 40.9 Å². The number of unbranched alkanes of at least 4 members (excludes halogenated alkanes) is 1. The van der Waals surface area contributed by atoms with Crippen LogP contribution in [0, 0.1) is 35.3 Å². The minimum absolute atomic E-state index is 0.000593. The number of halogens is 3. The van der Waals surface area contributed by atoms with E-state index in [1.807, 2.05) is 64.4 Å². The first-order chi connectivity index (χ1) is 37.7. The Labute approximate surface area is 472 Å². The average molecular weight is 1140 g/mol. The Bertz CT molecular complexity index is 3330. The first-order valence-corrected chi connectivity index (χ1v) is 29.3. The summed E-state index contributed by atoms with van der Waals surface area (Å²) in [6.45, 7) is 14.7.